The summed E-state index contributed by atoms with van der Waals surface area (Å²) in [5, 5.41) is 0.666. The molecule has 0 amide bonds. The minimum atomic E-state index is -4.37. The second-order valence-electron chi connectivity index (χ2n) is 6.70. The zero-order valence-corrected chi connectivity index (χ0v) is 16.6. The Kier molecular flexibility index (Phi) is 5.26. The first-order chi connectivity index (χ1) is 14.3. The van der Waals surface area contributed by atoms with E-state index < -0.39 is 11.7 Å². The lowest BCUT2D eigenvalue weighted by molar-refractivity contribution is -0.137. The Morgan fingerprint density at radius 3 is 1.90 bits per heavy atom. The minimum absolute atomic E-state index is 0.328. The zero-order chi connectivity index (χ0) is 21.3. The fourth-order valence-electron chi connectivity index (χ4n) is 3.02. The molecule has 152 valence electrons. The van der Waals surface area contributed by atoms with Crippen molar-refractivity contribution in [2.45, 2.75) is 13.1 Å². The number of imidazole rings is 1. The van der Waals surface area contributed by atoms with E-state index in [2.05, 4.69) is 9.97 Å². The van der Waals surface area contributed by atoms with Gasteiger partial charge in [-0.3, -0.25) is 0 Å². The van der Waals surface area contributed by atoms with Crippen LogP contribution in [0.2, 0.25) is 5.02 Å². The number of nitrogens with one attached hydrogen (secondary N) is 1. The van der Waals surface area contributed by atoms with Gasteiger partial charge in [-0.1, -0.05) is 23.7 Å². The van der Waals surface area contributed by atoms with Crippen molar-refractivity contribution in [1.82, 2.24) is 9.97 Å². The molecule has 1 N–H and O–H groups in total. The van der Waals surface area contributed by atoms with Crippen molar-refractivity contribution >= 4 is 11.6 Å². The second-order valence-corrected chi connectivity index (χ2v) is 7.14. The number of nitrogens with zero attached hydrogens (tertiary/aromatic N) is 1. The molecule has 4 aromatic rings. The SMILES string of the molecule is Cc1nc(-c2ccc(Oc3ccc(C(F)(F)F)cc3)cc2)[nH]c1-c1ccc(Cl)cc1. The van der Waals surface area contributed by atoms with Crippen LogP contribution in [0.4, 0.5) is 13.2 Å². The molecule has 0 aliphatic heterocycles. The average Bonchev–Trinajstić information content (AvgIpc) is 3.10. The van der Waals surface area contributed by atoms with Crippen molar-refractivity contribution in [3.8, 4) is 34.1 Å². The Hall–Kier alpha value is -3.25. The van der Waals surface area contributed by atoms with E-state index >= 15 is 0 Å². The van der Waals surface area contributed by atoms with Gasteiger partial charge in [-0.15, -0.1) is 0 Å². The van der Waals surface area contributed by atoms with Crippen molar-refractivity contribution in [2.24, 2.45) is 0 Å². The zero-order valence-electron chi connectivity index (χ0n) is 15.8. The van der Waals surface area contributed by atoms with Crippen LogP contribution in [0.15, 0.2) is 72.8 Å². The fourth-order valence-corrected chi connectivity index (χ4v) is 3.15. The first-order valence-electron chi connectivity index (χ1n) is 9.08. The van der Waals surface area contributed by atoms with E-state index in [-0.39, 0.29) is 0 Å². The van der Waals surface area contributed by atoms with Gasteiger partial charge in [0.1, 0.15) is 17.3 Å². The van der Waals surface area contributed by atoms with Gasteiger partial charge < -0.3 is 9.72 Å². The largest absolute Gasteiger partial charge is 0.457 e. The third kappa shape index (κ3) is 4.33. The minimum Gasteiger partial charge on any atom is -0.457 e. The number of aromatic nitrogens is 2. The second kappa shape index (κ2) is 7.88. The molecule has 0 aliphatic rings. The van der Waals surface area contributed by atoms with Gasteiger partial charge in [0.15, 0.2) is 0 Å². The van der Waals surface area contributed by atoms with Gasteiger partial charge in [-0.2, -0.15) is 13.2 Å². The number of halogens is 4. The van der Waals surface area contributed by atoms with Gasteiger partial charge in [0.2, 0.25) is 0 Å². The molecule has 1 aromatic heterocycles. The maximum Gasteiger partial charge on any atom is 0.416 e. The van der Waals surface area contributed by atoms with E-state index in [9.17, 15) is 13.2 Å². The van der Waals surface area contributed by atoms with Gasteiger partial charge in [0.25, 0.3) is 0 Å². The Morgan fingerprint density at radius 2 is 1.33 bits per heavy atom. The molecule has 0 saturated heterocycles. The summed E-state index contributed by atoms with van der Waals surface area (Å²) in [5.74, 6) is 1.55. The van der Waals surface area contributed by atoms with Gasteiger partial charge in [0.05, 0.1) is 17.0 Å². The highest BCUT2D eigenvalue weighted by Crippen LogP contribution is 2.32. The predicted molar refractivity (Wildman–Crippen MR) is 111 cm³/mol. The Morgan fingerprint density at radius 1 is 0.800 bits per heavy atom. The monoisotopic (exact) mass is 428 g/mol. The molecule has 0 atom stereocenters. The summed E-state index contributed by atoms with van der Waals surface area (Å²) in [5.41, 5.74) is 2.90. The number of alkyl halides is 3. The molecule has 0 fully saturated rings. The molecule has 0 unspecified atom stereocenters. The number of rotatable bonds is 4. The summed E-state index contributed by atoms with van der Waals surface area (Å²) in [6.45, 7) is 1.92. The lowest BCUT2D eigenvalue weighted by atomic mass is 10.1. The Labute approximate surface area is 176 Å². The van der Waals surface area contributed by atoms with Crippen LogP contribution in [0.5, 0.6) is 11.5 Å². The van der Waals surface area contributed by atoms with Crippen LogP contribution < -0.4 is 4.74 Å². The van der Waals surface area contributed by atoms with Crippen LogP contribution in [-0.2, 0) is 6.18 Å². The molecule has 7 heteroatoms. The standard InChI is InChI=1S/C23H16ClF3N2O/c1-14-21(15-2-8-18(24)9-3-15)29-22(28-14)16-4-10-19(11-5-16)30-20-12-6-17(7-13-20)23(25,26)27/h2-13H,1H3,(H,28,29). The number of benzene rings is 3. The van der Waals surface area contributed by atoms with E-state index in [4.69, 9.17) is 16.3 Å². The molecule has 4 rings (SSSR count). The van der Waals surface area contributed by atoms with Gasteiger partial charge in [-0.05, 0) is 73.2 Å². The molecule has 3 nitrogen and oxygen atoms in total. The van der Waals surface area contributed by atoms with Gasteiger partial charge in [-0.25, -0.2) is 4.98 Å². The lowest BCUT2D eigenvalue weighted by Crippen LogP contribution is -2.03. The third-order valence-corrected chi connectivity index (χ3v) is 4.81. The summed E-state index contributed by atoms with van der Waals surface area (Å²) in [6.07, 6.45) is -4.37. The van der Waals surface area contributed by atoms with Crippen molar-refractivity contribution in [3.05, 3.63) is 89.1 Å². The molecule has 30 heavy (non-hydrogen) atoms. The molecule has 1 heterocycles. The highest BCUT2D eigenvalue weighted by atomic mass is 35.5. The highest BCUT2D eigenvalue weighted by molar-refractivity contribution is 6.30. The Bertz CT molecular complexity index is 1150. The number of aryl methyl sites for hydroxylation is 1. The number of aromatic amines is 1. The van der Waals surface area contributed by atoms with Crippen LogP contribution in [-0.4, -0.2) is 9.97 Å². The smallest absolute Gasteiger partial charge is 0.416 e. The van der Waals surface area contributed by atoms with E-state index in [1.165, 1.54) is 12.1 Å². The van der Waals surface area contributed by atoms with Crippen LogP contribution in [0, 0.1) is 6.92 Å². The first kappa shape index (κ1) is 20.0. The summed E-state index contributed by atoms with van der Waals surface area (Å²) in [4.78, 5) is 7.91. The van der Waals surface area contributed by atoms with Crippen LogP contribution in [0.1, 0.15) is 11.3 Å². The number of H-pyrrole nitrogens is 1. The lowest BCUT2D eigenvalue weighted by Gasteiger charge is -2.09. The normalized spacial score (nSPS) is 11.5. The molecule has 0 saturated carbocycles. The van der Waals surface area contributed by atoms with Gasteiger partial charge in [0, 0.05) is 10.6 Å². The molecule has 0 radical (unpaired) electrons. The Balaban J connectivity index is 1.51. The molecule has 0 spiro atoms. The number of hydrogen-bond donors (Lipinski definition) is 1. The maximum atomic E-state index is 12.7. The van der Waals surface area contributed by atoms with Crippen molar-refractivity contribution in [3.63, 3.8) is 0 Å². The summed E-state index contributed by atoms with van der Waals surface area (Å²) >= 11 is 5.95. The molecule has 0 bridgehead atoms. The molecular formula is C23H16ClF3N2O. The van der Waals surface area contributed by atoms with Gasteiger partial charge >= 0.3 is 6.18 Å². The fraction of sp³-hybridized carbons (Fsp3) is 0.0870. The van der Waals surface area contributed by atoms with Crippen LogP contribution >= 0.6 is 11.6 Å². The molecule has 0 aliphatic carbocycles. The summed E-state index contributed by atoms with van der Waals surface area (Å²) in [7, 11) is 0. The maximum absolute atomic E-state index is 12.7. The summed E-state index contributed by atoms with van der Waals surface area (Å²) < 4.78 is 43.6. The van der Waals surface area contributed by atoms with Crippen LogP contribution in [0.25, 0.3) is 22.6 Å². The van der Waals surface area contributed by atoms with Crippen molar-refractivity contribution in [1.29, 1.82) is 0 Å². The summed E-state index contributed by atoms with van der Waals surface area (Å²) in [6, 6.07) is 19.2. The highest BCUT2D eigenvalue weighted by Gasteiger charge is 2.30. The van der Waals surface area contributed by atoms with Crippen molar-refractivity contribution < 1.29 is 17.9 Å². The molecule has 3 aromatic carbocycles. The quantitative estimate of drug-likeness (QED) is 0.365. The van der Waals surface area contributed by atoms with Crippen molar-refractivity contribution in [2.75, 3.05) is 0 Å². The van der Waals surface area contributed by atoms with Crippen LogP contribution in [0.3, 0.4) is 0 Å². The topological polar surface area (TPSA) is 37.9 Å². The first-order valence-corrected chi connectivity index (χ1v) is 9.45. The van der Waals surface area contributed by atoms with E-state index in [1.54, 1.807) is 12.1 Å². The van der Waals surface area contributed by atoms with E-state index in [0.717, 1.165) is 34.6 Å². The average molecular weight is 429 g/mol. The predicted octanol–water partition coefficient (Wildman–Crippen LogP) is 7.52. The number of ether oxygens (including phenoxy) is 1. The molecular weight excluding hydrogens is 413 g/mol. The van der Waals surface area contributed by atoms with E-state index in [1.807, 2.05) is 43.3 Å². The van der Waals surface area contributed by atoms with E-state index in [0.29, 0.717) is 22.3 Å². The third-order valence-electron chi connectivity index (χ3n) is 4.56. The number of hydrogen-bond acceptors (Lipinski definition) is 2.